The Hall–Kier alpha value is -7.76. The molecule has 2 aliphatic rings. The normalized spacial score (nSPS) is 15.6. The smallest absolute Gasteiger partial charge is 0.303 e. The van der Waals surface area contributed by atoms with E-state index in [1.807, 2.05) is 39.0 Å². The highest BCUT2D eigenvalue weighted by Gasteiger charge is 2.34. The minimum absolute atomic E-state index is 0.00673. The number of fused-ring (bicyclic) bond motifs is 1. The third kappa shape index (κ3) is 15.5. The third-order valence-electron chi connectivity index (χ3n) is 13.6. The van der Waals surface area contributed by atoms with Gasteiger partial charge in [0.15, 0.2) is 0 Å². The van der Waals surface area contributed by atoms with Crippen LogP contribution in [0.25, 0.3) is 10.9 Å². The number of rotatable bonds is 28. The molecular formula is C53H71N17O8. The summed E-state index contributed by atoms with van der Waals surface area (Å²) in [6.07, 6.45) is 9.85. The van der Waals surface area contributed by atoms with Crippen LogP contribution in [0.2, 0.25) is 0 Å². The molecular weight excluding hydrogens is 1000 g/mol. The van der Waals surface area contributed by atoms with Gasteiger partial charge in [0.25, 0.3) is 0 Å². The van der Waals surface area contributed by atoms with Gasteiger partial charge in [0.1, 0.15) is 24.4 Å². The maximum atomic E-state index is 14.7. The molecule has 2 unspecified atom stereocenters. The molecule has 25 heteroatoms. The number of ether oxygens (including phenoxy) is 3. The Labute approximate surface area is 452 Å². The maximum Gasteiger partial charge on any atom is 0.303 e. The minimum Gasteiger partial charge on any atom is -0.508 e. The number of aromatic nitrogens is 10. The SMILES string of the molecule is C#CCOCCOCCOCCNc1nc(N2CCN(C(=O)[C@H](CCC(=O)O)n3cc(C(N)Cc4ccc(O)cc4)nn3)CC2)nc(N2CCN(C(=O)[C@H](Cc3cc4ccccc4[nH]3)n3cc(C(N)CC(C)C)nn3)CC2)n1. The summed E-state index contributed by atoms with van der Waals surface area (Å²) in [5, 5.41) is 41.1. The number of piperazine rings is 2. The lowest BCUT2D eigenvalue weighted by atomic mass is 10.0. The van der Waals surface area contributed by atoms with Crippen molar-refractivity contribution in [1.29, 1.82) is 0 Å². The van der Waals surface area contributed by atoms with Crippen molar-refractivity contribution < 1.29 is 38.8 Å². The Bertz CT molecular complexity index is 2890. The molecule has 4 atom stereocenters. The van der Waals surface area contributed by atoms with Crippen molar-refractivity contribution in [3.8, 4) is 18.1 Å². The molecule has 6 aromatic rings. The third-order valence-corrected chi connectivity index (χ3v) is 13.6. The number of carbonyl (C=O) groups excluding carboxylic acids is 2. The second kappa shape index (κ2) is 27.5. The van der Waals surface area contributed by atoms with Crippen molar-refractivity contribution in [2.75, 3.05) is 114 Å². The molecule has 8 N–H and O–H groups in total. The molecule has 2 amide bonds. The summed E-state index contributed by atoms with van der Waals surface area (Å²) < 4.78 is 19.6. The summed E-state index contributed by atoms with van der Waals surface area (Å²) in [7, 11) is 0. The first-order valence-electron chi connectivity index (χ1n) is 26.5. The fraction of sp³-hybridized carbons (Fsp3) is 0.509. The van der Waals surface area contributed by atoms with Gasteiger partial charge in [0, 0.05) is 83.0 Å². The van der Waals surface area contributed by atoms with E-state index in [4.69, 9.17) is 47.1 Å². The highest BCUT2D eigenvalue weighted by molar-refractivity contribution is 5.83. The number of nitrogens with two attached hydrogens (primary N) is 2. The van der Waals surface area contributed by atoms with E-state index in [0.29, 0.717) is 127 Å². The molecule has 4 aromatic heterocycles. The summed E-state index contributed by atoms with van der Waals surface area (Å²) in [5.41, 5.74) is 16.9. The lowest BCUT2D eigenvalue weighted by molar-refractivity contribution is -0.139. The van der Waals surface area contributed by atoms with E-state index in [1.54, 1.807) is 46.2 Å². The minimum atomic E-state index is -1.04. The number of carbonyl (C=O) groups is 3. The molecule has 0 radical (unpaired) electrons. The van der Waals surface area contributed by atoms with E-state index in [1.165, 1.54) is 4.68 Å². The van der Waals surface area contributed by atoms with Gasteiger partial charge in [-0.15, -0.1) is 16.6 Å². The maximum absolute atomic E-state index is 14.7. The molecule has 0 spiro atoms. The van der Waals surface area contributed by atoms with Crippen molar-refractivity contribution >= 4 is 46.5 Å². The molecule has 25 nitrogen and oxygen atoms in total. The monoisotopic (exact) mass is 1070 g/mol. The average molecular weight is 1070 g/mol. The number of anilines is 3. The van der Waals surface area contributed by atoms with Crippen LogP contribution in [0, 0.1) is 18.3 Å². The number of hydrogen-bond donors (Lipinski definition) is 6. The molecule has 6 heterocycles. The van der Waals surface area contributed by atoms with Crippen LogP contribution in [0.5, 0.6) is 5.75 Å². The van der Waals surface area contributed by atoms with Gasteiger partial charge in [-0.3, -0.25) is 14.4 Å². The number of phenolic OH excluding ortho intramolecular Hbond substituents is 1. The summed E-state index contributed by atoms with van der Waals surface area (Å²) in [6, 6.07) is 14.2. The van der Waals surface area contributed by atoms with Crippen LogP contribution in [0.1, 0.15) is 79.9 Å². The predicted molar refractivity (Wildman–Crippen MR) is 289 cm³/mol. The first-order chi connectivity index (χ1) is 37.8. The van der Waals surface area contributed by atoms with Gasteiger partial charge in [0.05, 0.1) is 68.9 Å². The number of hydrogen-bond acceptors (Lipinski definition) is 19. The van der Waals surface area contributed by atoms with Crippen LogP contribution in [0.15, 0.2) is 67.0 Å². The topological polar surface area (TPSA) is 312 Å². The summed E-state index contributed by atoms with van der Waals surface area (Å²) in [6.45, 7) is 9.64. The van der Waals surface area contributed by atoms with Gasteiger partial charge in [0.2, 0.25) is 29.7 Å². The lowest BCUT2D eigenvalue weighted by Gasteiger charge is -2.38. The molecule has 2 saturated heterocycles. The standard InChI is InChI=1S/C53H71N17O8/c1-4-24-76-26-28-78-29-27-77-25-15-56-51-58-52(67-20-16-65(17-21-67)49(74)46(13-14-48(72)73)69-34-45(62-63-69)42(55)31-37-9-11-40(71)12-10-37)60-53(59-51)68-22-18-66(19-23-68)50(75)47(33-39-32-38-7-5-6-8-43(38)57-39)70-35-44(61-64-70)41(54)30-36(2)3/h1,5-12,32,34-36,41-42,46-47,57,71H,13-31,33,54-55H2,2-3H3,(H,72,73)(H,56,58,59,60)/t41?,42?,46-,47-/m0/s1. The number of nitrogens with one attached hydrogen (secondary N) is 2. The summed E-state index contributed by atoms with van der Waals surface area (Å²) in [5.74, 6) is 2.62. The molecule has 416 valence electrons. The van der Waals surface area contributed by atoms with Crippen molar-refractivity contribution in [2.24, 2.45) is 17.4 Å². The van der Waals surface area contributed by atoms with Gasteiger partial charge < -0.3 is 65.8 Å². The fourth-order valence-electron chi connectivity index (χ4n) is 9.42. The average Bonchev–Trinajstić information content (AvgIpc) is 4.27. The second-order valence-corrected chi connectivity index (χ2v) is 19.8. The van der Waals surface area contributed by atoms with Gasteiger partial charge >= 0.3 is 5.97 Å². The van der Waals surface area contributed by atoms with E-state index in [2.05, 4.69) is 56.8 Å². The number of amides is 2. The number of aromatic amines is 1. The van der Waals surface area contributed by atoms with E-state index < -0.39 is 24.1 Å². The number of terminal acetylenes is 1. The first-order valence-corrected chi connectivity index (χ1v) is 26.5. The Balaban J connectivity index is 0.943. The van der Waals surface area contributed by atoms with Crippen LogP contribution in [0.4, 0.5) is 17.8 Å². The predicted octanol–water partition coefficient (Wildman–Crippen LogP) is 2.51. The van der Waals surface area contributed by atoms with Crippen LogP contribution in [-0.4, -0.2) is 186 Å². The Kier molecular flexibility index (Phi) is 19.9. The number of carboxylic acids is 1. The zero-order valence-corrected chi connectivity index (χ0v) is 44.3. The summed E-state index contributed by atoms with van der Waals surface area (Å²) >= 11 is 0. The fourth-order valence-corrected chi connectivity index (χ4v) is 9.42. The highest BCUT2D eigenvalue weighted by Crippen LogP contribution is 2.27. The number of phenols is 1. The first kappa shape index (κ1) is 56.4. The van der Waals surface area contributed by atoms with Crippen LogP contribution < -0.4 is 26.6 Å². The van der Waals surface area contributed by atoms with Crippen molar-refractivity contribution in [3.05, 3.63) is 89.6 Å². The molecule has 2 aromatic carbocycles. The van der Waals surface area contributed by atoms with Gasteiger partial charge in [-0.2, -0.15) is 15.0 Å². The molecule has 0 bridgehead atoms. The number of benzene rings is 2. The summed E-state index contributed by atoms with van der Waals surface area (Å²) in [4.78, 5) is 66.4. The van der Waals surface area contributed by atoms with E-state index in [-0.39, 0.29) is 56.1 Å². The lowest BCUT2D eigenvalue weighted by Crippen LogP contribution is -2.52. The van der Waals surface area contributed by atoms with E-state index in [9.17, 15) is 24.6 Å². The number of H-pyrrole nitrogens is 1. The van der Waals surface area contributed by atoms with Crippen LogP contribution >= 0.6 is 0 Å². The number of aromatic hydroxyl groups is 1. The molecule has 2 aliphatic heterocycles. The molecule has 8 rings (SSSR count). The van der Waals surface area contributed by atoms with Gasteiger partial charge in [-0.05, 0) is 60.4 Å². The quantitative estimate of drug-likeness (QED) is 0.0304. The molecule has 0 aliphatic carbocycles. The van der Waals surface area contributed by atoms with Crippen molar-refractivity contribution in [2.45, 2.75) is 70.1 Å². The van der Waals surface area contributed by atoms with Crippen molar-refractivity contribution in [1.82, 2.24) is 59.7 Å². The second-order valence-electron chi connectivity index (χ2n) is 19.8. The number of nitrogens with zero attached hydrogens (tertiary/aromatic N) is 13. The largest absolute Gasteiger partial charge is 0.508 e. The highest BCUT2D eigenvalue weighted by atomic mass is 16.5. The Morgan fingerprint density at radius 1 is 0.744 bits per heavy atom. The zero-order valence-electron chi connectivity index (χ0n) is 44.3. The Morgan fingerprint density at radius 3 is 1.92 bits per heavy atom. The Morgan fingerprint density at radius 2 is 1.32 bits per heavy atom. The van der Waals surface area contributed by atoms with Crippen molar-refractivity contribution in [3.63, 3.8) is 0 Å². The zero-order chi connectivity index (χ0) is 55.0. The van der Waals surface area contributed by atoms with Gasteiger partial charge in [-0.25, -0.2) is 9.36 Å². The number of carboxylic acid groups (broad SMARTS) is 1. The number of aliphatic carboxylic acids is 1. The number of para-hydroxylation sites is 1. The molecule has 78 heavy (non-hydrogen) atoms. The van der Waals surface area contributed by atoms with E-state index in [0.717, 1.165) is 28.6 Å². The van der Waals surface area contributed by atoms with Gasteiger partial charge in [-0.1, -0.05) is 60.5 Å². The van der Waals surface area contributed by atoms with E-state index >= 15 is 0 Å². The molecule has 0 saturated carbocycles. The molecule has 2 fully saturated rings. The van der Waals surface area contributed by atoms with Crippen LogP contribution in [0.3, 0.4) is 0 Å². The van der Waals surface area contributed by atoms with Crippen LogP contribution in [-0.2, 0) is 41.4 Å².